The number of piperazine rings is 1. The Bertz CT molecular complexity index is 1470. The number of benzene rings is 3. The highest BCUT2D eigenvalue weighted by Crippen LogP contribution is 2.27. The fourth-order valence-corrected chi connectivity index (χ4v) is 4.80. The van der Waals surface area contributed by atoms with Gasteiger partial charge in [-0.3, -0.25) is 4.79 Å². The second kappa shape index (κ2) is 9.66. The van der Waals surface area contributed by atoms with Crippen LogP contribution in [0.4, 0.5) is 5.69 Å². The van der Waals surface area contributed by atoms with Crippen LogP contribution in [-0.4, -0.2) is 51.6 Å². The second-order valence-corrected chi connectivity index (χ2v) is 9.04. The first kappa shape index (κ1) is 22.0. The molecule has 6 heteroatoms. The molecule has 3 heterocycles. The molecule has 0 radical (unpaired) electrons. The highest BCUT2D eigenvalue weighted by molar-refractivity contribution is 5.79. The van der Waals surface area contributed by atoms with Crippen LogP contribution in [0, 0.1) is 0 Å². The molecule has 3 aromatic carbocycles. The van der Waals surface area contributed by atoms with Crippen LogP contribution in [0.3, 0.4) is 0 Å². The molecule has 6 nitrogen and oxygen atoms in total. The number of rotatable bonds is 5. The van der Waals surface area contributed by atoms with E-state index in [-0.39, 0.29) is 12.3 Å². The molecular weight excluding hydrogens is 446 g/mol. The summed E-state index contributed by atoms with van der Waals surface area (Å²) in [6.45, 7) is 3.10. The number of carbonyl (C=O) groups excluding carboxylic acids is 1. The van der Waals surface area contributed by atoms with E-state index in [0.29, 0.717) is 13.1 Å². The molecule has 1 aliphatic heterocycles. The van der Waals surface area contributed by atoms with Crippen LogP contribution in [0.1, 0.15) is 5.69 Å². The molecule has 2 aromatic heterocycles. The lowest BCUT2D eigenvalue weighted by Gasteiger charge is -2.36. The van der Waals surface area contributed by atoms with Crippen LogP contribution in [0.15, 0.2) is 103 Å². The number of aromatic nitrogens is 3. The van der Waals surface area contributed by atoms with Crippen molar-refractivity contribution >= 4 is 17.2 Å². The Hall–Kier alpha value is -4.45. The molecule has 0 unspecified atom stereocenters. The maximum Gasteiger partial charge on any atom is 0.228 e. The molecule has 36 heavy (non-hydrogen) atoms. The second-order valence-electron chi connectivity index (χ2n) is 9.04. The van der Waals surface area contributed by atoms with Gasteiger partial charge in [-0.05, 0) is 18.2 Å². The number of amides is 1. The average Bonchev–Trinajstić information content (AvgIpc) is 3.36. The summed E-state index contributed by atoms with van der Waals surface area (Å²) >= 11 is 0. The molecule has 0 bridgehead atoms. The Morgan fingerprint density at radius 3 is 2.00 bits per heavy atom. The first-order chi connectivity index (χ1) is 17.7. The minimum atomic E-state index is 0.107. The largest absolute Gasteiger partial charge is 0.368 e. The monoisotopic (exact) mass is 473 g/mol. The highest BCUT2D eigenvalue weighted by atomic mass is 16.2. The van der Waals surface area contributed by atoms with Crippen LogP contribution in [-0.2, 0) is 11.2 Å². The summed E-state index contributed by atoms with van der Waals surface area (Å²) in [5, 5.41) is 4.82. The van der Waals surface area contributed by atoms with Crippen LogP contribution in [0.5, 0.6) is 0 Å². The van der Waals surface area contributed by atoms with E-state index in [1.54, 1.807) is 0 Å². The van der Waals surface area contributed by atoms with E-state index in [1.165, 1.54) is 5.69 Å². The van der Waals surface area contributed by atoms with Gasteiger partial charge in [0.05, 0.1) is 23.5 Å². The Labute approximate surface area is 210 Å². The lowest BCUT2D eigenvalue weighted by Crippen LogP contribution is -2.49. The van der Waals surface area contributed by atoms with E-state index in [2.05, 4.69) is 59.5 Å². The van der Waals surface area contributed by atoms with Gasteiger partial charge in [-0.1, -0.05) is 78.9 Å². The Kier molecular flexibility index (Phi) is 5.91. The molecule has 1 fully saturated rings. The SMILES string of the molecule is O=C(Cc1cc2nc(-c3ccccc3)cc(-c3ccccc3)n2n1)N1CCN(c2ccccc2)CC1. The van der Waals surface area contributed by atoms with Crippen LogP contribution < -0.4 is 4.90 Å². The number of fused-ring (bicyclic) bond motifs is 1. The van der Waals surface area contributed by atoms with Crippen molar-refractivity contribution in [1.82, 2.24) is 19.5 Å². The van der Waals surface area contributed by atoms with Crippen molar-refractivity contribution in [2.75, 3.05) is 31.1 Å². The van der Waals surface area contributed by atoms with Gasteiger partial charge in [0.25, 0.3) is 0 Å². The van der Waals surface area contributed by atoms with Crippen molar-refractivity contribution in [3.63, 3.8) is 0 Å². The zero-order valence-corrected chi connectivity index (χ0v) is 20.0. The first-order valence-corrected chi connectivity index (χ1v) is 12.3. The van der Waals surface area contributed by atoms with Crippen molar-refractivity contribution in [3.05, 3.63) is 109 Å². The van der Waals surface area contributed by atoms with Gasteiger partial charge in [-0.25, -0.2) is 9.50 Å². The Morgan fingerprint density at radius 1 is 0.722 bits per heavy atom. The molecular formula is C30H27N5O. The number of nitrogens with zero attached hydrogens (tertiary/aromatic N) is 5. The fourth-order valence-electron chi connectivity index (χ4n) is 4.80. The van der Waals surface area contributed by atoms with Gasteiger partial charge in [-0.15, -0.1) is 0 Å². The van der Waals surface area contributed by atoms with Gasteiger partial charge in [0.1, 0.15) is 0 Å². The number of hydrogen-bond acceptors (Lipinski definition) is 4. The maximum atomic E-state index is 13.2. The van der Waals surface area contributed by atoms with Crippen molar-refractivity contribution in [2.45, 2.75) is 6.42 Å². The lowest BCUT2D eigenvalue weighted by molar-refractivity contribution is -0.130. The fraction of sp³-hybridized carbons (Fsp3) is 0.167. The van der Waals surface area contributed by atoms with Crippen molar-refractivity contribution < 1.29 is 4.79 Å². The summed E-state index contributed by atoms with van der Waals surface area (Å²) in [6, 6.07) is 34.7. The van der Waals surface area contributed by atoms with Crippen LogP contribution in [0.2, 0.25) is 0 Å². The number of hydrogen-bond donors (Lipinski definition) is 0. The molecule has 0 N–H and O–H groups in total. The predicted molar refractivity (Wildman–Crippen MR) is 143 cm³/mol. The minimum absolute atomic E-state index is 0.107. The van der Waals surface area contributed by atoms with Gasteiger partial charge < -0.3 is 9.80 Å². The van der Waals surface area contributed by atoms with Gasteiger partial charge in [-0.2, -0.15) is 5.10 Å². The van der Waals surface area contributed by atoms with Crippen LogP contribution >= 0.6 is 0 Å². The first-order valence-electron chi connectivity index (χ1n) is 12.3. The minimum Gasteiger partial charge on any atom is -0.368 e. The zero-order chi connectivity index (χ0) is 24.3. The Morgan fingerprint density at radius 2 is 1.33 bits per heavy atom. The summed E-state index contributed by atoms with van der Waals surface area (Å²) < 4.78 is 1.86. The third-order valence-corrected chi connectivity index (χ3v) is 6.70. The van der Waals surface area contributed by atoms with Gasteiger partial charge in [0.15, 0.2) is 5.65 Å². The molecule has 0 saturated carbocycles. The van der Waals surface area contributed by atoms with E-state index in [9.17, 15) is 4.79 Å². The van der Waals surface area contributed by atoms with E-state index in [4.69, 9.17) is 10.1 Å². The van der Waals surface area contributed by atoms with E-state index in [0.717, 1.165) is 46.9 Å². The normalized spacial score (nSPS) is 13.8. The van der Waals surface area contributed by atoms with E-state index in [1.807, 2.05) is 57.9 Å². The quantitative estimate of drug-likeness (QED) is 0.362. The van der Waals surface area contributed by atoms with Crippen molar-refractivity contribution in [2.24, 2.45) is 0 Å². The molecule has 1 aliphatic rings. The number of para-hydroxylation sites is 1. The molecule has 178 valence electrons. The predicted octanol–water partition coefficient (Wildman–Crippen LogP) is 4.95. The summed E-state index contributed by atoms with van der Waals surface area (Å²) in [5.41, 5.74) is 6.63. The molecule has 1 saturated heterocycles. The van der Waals surface area contributed by atoms with Crippen molar-refractivity contribution in [3.8, 4) is 22.5 Å². The molecule has 0 aliphatic carbocycles. The maximum absolute atomic E-state index is 13.2. The van der Waals surface area contributed by atoms with E-state index >= 15 is 0 Å². The standard InChI is InChI=1S/C30H27N5O/c36-30(34-18-16-33(17-19-34)26-14-8-3-9-15-26)21-25-20-29-31-27(23-10-4-1-5-11-23)22-28(35(29)32-25)24-12-6-2-7-13-24/h1-15,20,22H,16-19,21H2. The number of anilines is 1. The molecule has 6 rings (SSSR count). The van der Waals surface area contributed by atoms with Gasteiger partial charge >= 0.3 is 0 Å². The topological polar surface area (TPSA) is 53.7 Å². The van der Waals surface area contributed by atoms with Crippen molar-refractivity contribution in [1.29, 1.82) is 0 Å². The summed E-state index contributed by atoms with van der Waals surface area (Å²) in [7, 11) is 0. The lowest BCUT2D eigenvalue weighted by atomic mass is 10.1. The molecule has 0 atom stereocenters. The zero-order valence-electron chi connectivity index (χ0n) is 20.0. The summed E-state index contributed by atoms with van der Waals surface area (Å²) in [4.78, 5) is 22.3. The summed E-state index contributed by atoms with van der Waals surface area (Å²) in [5.74, 6) is 0.107. The van der Waals surface area contributed by atoms with E-state index < -0.39 is 0 Å². The average molecular weight is 474 g/mol. The molecule has 0 spiro atoms. The molecule has 5 aromatic rings. The third kappa shape index (κ3) is 4.45. The van der Waals surface area contributed by atoms with Crippen LogP contribution in [0.25, 0.3) is 28.2 Å². The summed E-state index contributed by atoms with van der Waals surface area (Å²) in [6.07, 6.45) is 0.267. The molecule has 1 amide bonds. The highest BCUT2D eigenvalue weighted by Gasteiger charge is 2.22. The number of carbonyl (C=O) groups is 1. The Balaban J connectivity index is 1.26. The smallest absolute Gasteiger partial charge is 0.228 e. The van der Waals surface area contributed by atoms with Gasteiger partial charge in [0, 0.05) is 49.1 Å². The van der Waals surface area contributed by atoms with Gasteiger partial charge in [0.2, 0.25) is 5.91 Å². The third-order valence-electron chi connectivity index (χ3n) is 6.70.